The van der Waals surface area contributed by atoms with Gasteiger partial charge in [0.25, 0.3) is 5.91 Å². The average Bonchev–Trinajstić information content (AvgIpc) is 3.43. The van der Waals surface area contributed by atoms with Crippen LogP contribution < -0.4 is 4.90 Å². The number of anilines is 1. The van der Waals surface area contributed by atoms with Gasteiger partial charge in [0.05, 0.1) is 0 Å². The zero-order valence-corrected chi connectivity index (χ0v) is 16.6. The number of rotatable bonds is 3. The monoisotopic (exact) mass is 405 g/mol. The van der Waals surface area contributed by atoms with E-state index in [2.05, 4.69) is 21.3 Å². The molecule has 2 aromatic heterocycles. The van der Waals surface area contributed by atoms with Gasteiger partial charge in [-0.05, 0) is 53.9 Å². The van der Waals surface area contributed by atoms with Crippen molar-refractivity contribution in [3.05, 3.63) is 77.6 Å². The number of H-pyrrole nitrogens is 1. The van der Waals surface area contributed by atoms with Crippen molar-refractivity contribution in [2.75, 3.05) is 31.1 Å². The molecule has 29 heavy (non-hydrogen) atoms. The van der Waals surface area contributed by atoms with Crippen LogP contribution in [-0.2, 0) is 0 Å². The number of aromatic nitrogens is 1. The molecule has 1 aliphatic rings. The van der Waals surface area contributed by atoms with Crippen LogP contribution >= 0.6 is 11.3 Å². The molecule has 0 bridgehead atoms. The number of fused-ring (bicyclic) bond motifs is 1. The minimum absolute atomic E-state index is 0.0592. The fraction of sp³-hybridized carbons (Fsp3) is 0.174. The van der Waals surface area contributed by atoms with Gasteiger partial charge in [0.15, 0.2) is 0 Å². The SMILES string of the molecule is O=C(c1ccc2[nH]cc(-c3cccs3)c2c1)N1CCN(c2ccc(F)cc2)CC1. The Morgan fingerprint density at radius 1 is 1.00 bits per heavy atom. The van der Waals surface area contributed by atoms with E-state index in [4.69, 9.17) is 0 Å². The molecular weight excluding hydrogens is 385 g/mol. The number of nitrogens with one attached hydrogen (secondary N) is 1. The lowest BCUT2D eigenvalue weighted by molar-refractivity contribution is 0.0747. The van der Waals surface area contributed by atoms with Crippen molar-refractivity contribution in [1.82, 2.24) is 9.88 Å². The molecule has 2 aromatic carbocycles. The number of aromatic amines is 1. The highest BCUT2D eigenvalue weighted by Crippen LogP contribution is 2.32. The summed E-state index contributed by atoms with van der Waals surface area (Å²) in [6.07, 6.45) is 2.01. The van der Waals surface area contributed by atoms with E-state index in [-0.39, 0.29) is 11.7 Å². The lowest BCUT2D eigenvalue weighted by atomic mass is 10.1. The quantitative estimate of drug-likeness (QED) is 0.521. The average molecular weight is 405 g/mol. The van der Waals surface area contributed by atoms with Gasteiger partial charge in [-0.3, -0.25) is 4.79 Å². The molecule has 0 saturated carbocycles. The van der Waals surface area contributed by atoms with Crippen molar-refractivity contribution >= 4 is 33.8 Å². The Morgan fingerprint density at radius 3 is 2.52 bits per heavy atom. The number of piperazine rings is 1. The van der Waals surface area contributed by atoms with Gasteiger partial charge >= 0.3 is 0 Å². The zero-order valence-electron chi connectivity index (χ0n) is 15.8. The summed E-state index contributed by atoms with van der Waals surface area (Å²) in [7, 11) is 0. The highest BCUT2D eigenvalue weighted by molar-refractivity contribution is 7.13. The lowest BCUT2D eigenvalue weighted by Gasteiger charge is -2.36. The molecule has 0 aliphatic carbocycles. The maximum Gasteiger partial charge on any atom is 0.253 e. The highest BCUT2D eigenvalue weighted by atomic mass is 32.1. The Bertz CT molecular complexity index is 1140. The first kappa shape index (κ1) is 17.9. The number of hydrogen-bond acceptors (Lipinski definition) is 3. The summed E-state index contributed by atoms with van der Waals surface area (Å²) < 4.78 is 13.1. The number of amides is 1. The first-order valence-electron chi connectivity index (χ1n) is 9.64. The Balaban J connectivity index is 1.34. The first-order valence-corrected chi connectivity index (χ1v) is 10.5. The number of carbonyl (C=O) groups is 1. The van der Waals surface area contributed by atoms with E-state index in [1.165, 1.54) is 17.0 Å². The molecule has 4 aromatic rings. The Morgan fingerprint density at radius 2 is 1.79 bits per heavy atom. The summed E-state index contributed by atoms with van der Waals surface area (Å²) >= 11 is 1.69. The van der Waals surface area contributed by atoms with Crippen LogP contribution in [-0.4, -0.2) is 42.0 Å². The lowest BCUT2D eigenvalue weighted by Crippen LogP contribution is -2.48. The molecule has 0 radical (unpaired) electrons. The molecule has 0 unspecified atom stereocenters. The van der Waals surface area contributed by atoms with E-state index in [1.54, 1.807) is 23.5 Å². The summed E-state index contributed by atoms with van der Waals surface area (Å²) in [6, 6.07) is 16.5. The van der Waals surface area contributed by atoms with Gasteiger partial charge < -0.3 is 14.8 Å². The Labute approximate surface area is 172 Å². The number of thiophene rings is 1. The fourth-order valence-corrected chi connectivity index (χ4v) is 4.65. The molecule has 146 valence electrons. The topological polar surface area (TPSA) is 39.3 Å². The van der Waals surface area contributed by atoms with Gasteiger partial charge in [-0.1, -0.05) is 6.07 Å². The van der Waals surface area contributed by atoms with Gasteiger partial charge in [-0.25, -0.2) is 4.39 Å². The van der Waals surface area contributed by atoms with Crippen LogP contribution in [0.1, 0.15) is 10.4 Å². The molecular formula is C23H20FN3OS. The van der Waals surface area contributed by atoms with Gasteiger partial charge in [-0.2, -0.15) is 0 Å². The minimum Gasteiger partial charge on any atom is -0.368 e. The Hall–Kier alpha value is -3.12. The summed E-state index contributed by atoms with van der Waals surface area (Å²) in [5, 5.41) is 3.13. The second-order valence-corrected chi connectivity index (χ2v) is 8.14. The molecule has 5 rings (SSSR count). The van der Waals surface area contributed by atoms with E-state index in [9.17, 15) is 9.18 Å². The third-order valence-electron chi connectivity index (χ3n) is 5.47. The van der Waals surface area contributed by atoms with E-state index in [1.807, 2.05) is 35.4 Å². The summed E-state index contributed by atoms with van der Waals surface area (Å²) in [6.45, 7) is 2.78. The third-order valence-corrected chi connectivity index (χ3v) is 6.38. The fourth-order valence-electron chi connectivity index (χ4n) is 3.89. The van der Waals surface area contributed by atoms with E-state index in [0.717, 1.165) is 35.2 Å². The maximum atomic E-state index is 13.1. The van der Waals surface area contributed by atoms with Crippen LogP contribution in [0.3, 0.4) is 0 Å². The van der Waals surface area contributed by atoms with Crippen LogP contribution in [0.2, 0.25) is 0 Å². The highest BCUT2D eigenvalue weighted by Gasteiger charge is 2.23. The molecule has 1 N–H and O–H groups in total. The van der Waals surface area contributed by atoms with Crippen LogP contribution in [0.4, 0.5) is 10.1 Å². The second kappa shape index (κ2) is 7.37. The number of halogens is 1. The van der Waals surface area contributed by atoms with Gasteiger partial charge in [0.2, 0.25) is 0 Å². The van der Waals surface area contributed by atoms with Crippen molar-refractivity contribution in [2.24, 2.45) is 0 Å². The van der Waals surface area contributed by atoms with Crippen LogP contribution in [0.15, 0.2) is 66.2 Å². The van der Waals surface area contributed by atoms with Crippen molar-refractivity contribution in [3.8, 4) is 10.4 Å². The zero-order chi connectivity index (χ0) is 19.8. The van der Waals surface area contributed by atoms with E-state index >= 15 is 0 Å². The molecule has 0 atom stereocenters. The normalized spacial score (nSPS) is 14.5. The smallest absolute Gasteiger partial charge is 0.253 e. The number of hydrogen-bond donors (Lipinski definition) is 1. The third kappa shape index (κ3) is 3.40. The van der Waals surface area contributed by atoms with E-state index in [0.29, 0.717) is 18.7 Å². The summed E-state index contributed by atoms with van der Waals surface area (Å²) in [4.78, 5) is 21.7. The van der Waals surface area contributed by atoms with Crippen molar-refractivity contribution in [1.29, 1.82) is 0 Å². The molecule has 6 heteroatoms. The van der Waals surface area contributed by atoms with E-state index < -0.39 is 0 Å². The predicted molar refractivity (Wildman–Crippen MR) is 116 cm³/mol. The number of nitrogens with zero attached hydrogens (tertiary/aromatic N) is 2. The molecule has 1 aliphatic heterocycles. The van der Waals surface area contributed by atoms with Gasteiger partial charge in [0, 0.05) is 65.0 Å². The number of carbonyl (C=O) groups excluding carboxylic acids is 1. The summed E-state index contributed by atoms with van der Waals surface area (Å²) in [5.41, 5.74) is 3.87. The summed E-state index contributed by atoms with van der Waals surface area (Å²) in [5.74, 6) is -0.173. The largest absolute Gasteiger partial charge is 0.368 e. The van der Waals surface area contributed by atoms with Gasteiger partial charge in [-0.15, -0.1) is 11.3 Å². The second-order valence-electron chi connectivity index (χ2n) is 7.20. The molecule has 1 saturated heterocycles. The predicted octanol–water partition coefficient (Wildman–Crippen LogP) is 5.00. The first-order chi connectivity index (χ1) is 14.2. The Kier molecular flexibility index (Phi) is 4.56. The number of benzene rings is 2. The minimum atomic E-state index is -0.232. The molecule has 0 spiro atoms. The molecule has 4 nitrogen and oxygen atoms in total. The van der Waals surface area contributed by atoms with Gasteiger partial charge in [0.1, 0.15) is 5.82 Å². The van der Waals surface area contributed by atoms with Crippen molar-refractivity contribution < 1.29 is 9.18 Å². The van der Waals surface area contributed by atoms with Crippen LogP contribution in [0.25, 0.3) is 21.3 Å². The molecule has 1 fully saturated rings. The van der Waals surface area contributed by atoms with Crippen molar-refractivity contribution in [2.45, 2.75) is 0 Å². The van der Waals surface area contributed by atoms with Crippen molar-refractivity contribution in [3.63, 3.8) is 0 Å². The molecule has 1 amide bonds. The standard InChI is InChI=1S/C23H20FN3OS/c24-17-4-6-18(7-5-17)26-9-11-27(12-10-26)23(28)16-3-8-21-19(14-16)20(15-25-21)22-2-1-13-29-22/h1-8,13-15,25H,9-12H2. The molecule has 3 heterocycles. The maximum absolute atomic E-state index is 13.1. The van der Waals surface area contributed by atoms with Crippen LogP contribution in [0.5, 0.6) is 0 Å². The van der Waals surface area contributed by atoms with Crippen LogP contribution in [0, 0.1) is 5.82 Å².